The maximum absolute atomic E-state index is 12.4. The number of carbonyl (C=O) groups excluding carboxylic acids is 1. The molecule has 1 amide bonds. The molecular weight excluding hydrogens is 294 g/mol. The summed E-state index contributed by atoms with van der Waals surface area (Å²) in [4.78, 5) is 19.6. The van der Waals surface area contributed by atoms with Gasteiger partial charge in [-0.1, -0.05) is 31.2 Å². The zero-order valence-corrected chi connectivity index (χ0v) is 14.5. The molecule has 0 saturated heterocycles. The predicted molar refractivity (Wildman–Crippen MR) is 91.2 cm³/mol. The van der Waals surface area contributed by atoms with Crippen LogP contribution in [0.15, 0.2) is 24.3 Å². The van der Waals surface area contributed by atoms with Crippen LogP contribution in [0.3, 0.4) is 0 Å². The van der Waals surface area contributed by atoms with Crippen LogP contribution in [0.4, 0.5) is 0 Å². The van der Waals surface area contributed by atoms with Gasteiger partial charge in [-0.2, -0.15) is 0 Å². The first kappa shape index (κ1) is 16.6. The molecule has 0 aliphatic rings. The number of aryl methyl sites for hydroxylation is 2. The molecule has 0 spiro atoms. The maximum atomic E-state index is 12.4. The van der Waals surface area contributed by atoms with E-state index in [9.17, 15) is 4.79 Å². The molecule has 1 N–H and O–H groups in total. The maximum Gasteiger partial charge on any atom is 0.263 e. The van der Waals surface area contributed by atoms with Crippen molar-refractivity contribution in [2.75, 3.05) is 14.1 Å². The highest BCUT2D eigenvalue weighted by Crippen LogP contribution is 2.18. The fraction of sp³-hybridized carbons (Fsp3) is 0.412. The third kappa shape index (κ3) is 4.15. The third-order valence-electron chi connectivity index (χ3n) is 3.39. The Labute approximate surface area is 136 Å². The van der Waals surface area contributed by atoms with Crippen LogP contribution < -0.4 is 5.32 Å². The normalized spacial score (nSPS) is 11.0. The highest BCUT2D eigenvalue weighted by Gasteiger charge is 2.14. The Morgan fingerprint density at radius 3 is 2.55 bits per heavy atom. The molecule has 0 bridgehead atoms. The summed E-state index contributed by atoms with van der Waals surface area (Å²) in [6, 6.07) is 8.21. The number of thiazole rings is 1. The second-order valence-corrected chi connectivity index (χ2v) is 6.65. The van der Waals surface area contributed by atoms with Gasteiger partial charge in [0.05, 0.1) is 10.7 Å². The van der Waals surface area contributed by atoms with Crippen molar-refractivity contribution in [3.8, 4) is 0 Å². The van der Waals surface area contributed by atoms with Gasteiger partial charge in [-0.15, -0.1) is 11.3 Å². The second-order valence-electron chi connectivity index (χ2n) is 5.56. The summed E-state index contributed by atoms with van der Waals surface area (Å²) in [5, 5.41) is 4.03. The van der Waals surface area contributed by atoms with E-state index in [2.05, 4.69) is 34.3 Å². The highest BCUT2D eigenvalue weighted by molar-refractivity contribution is 7.13. The lowest BCUT2D eigenvalue weighted by Crippen LogP contribution is -2.24. The first-order chi connectivity index (χ1) is 10.5. The first-order valence-electron chi connectivity index (χ1n) is 7.47. The number of hydrogen-bond acceptors (Lipinski definition) is 4. The summed E-state index contributed by atoms with van der Waals surface area (Å²) in [5.74, 6) is -0.0330. The molecule has 1 aromatic carbocycles. The van der Waals surface area contributed by atoms with Crippen LogP contribution in [0.25, 0.3) is 0 Å². The zero-order valence-electron chi connectivity index (χ0n) is 13.6. The summed E-state index contributed by atoms with van der Waals surface area (Å²) in [5.41, 5.74) is 3.21. The molecule has 2 aromatic rings. The average Bonchev–Trinajstić information content (AvgIpc) is 2.87. The molecule has 0 unspecified atom stereocenters. The smallest absolute Gasteiger partial charge is 0.263 e. The Morgan fingerprint density at radius 2 is 1.95 bits per heavy atom. The van der Waals surface area contributed by atoms with Crippen molar-refractivity contribution in [3.63, 3.8) is 0 Å². The van der Waals surface area contributed by atoms with Crippen molar-refractivity contribution >= 4 is 17.2 Å². The van der Waals surface area contributed by atoms with Crippen LogP contribution in [0.2, 0.25) is 0 Å². The Bertz CT molecular complexity index is 649. The van der Waals surface area contributed by atoms with Crippen LogP contribution in [0.1, 0.15) is 38.4 Å². The SMILES string of the molecule is CCc1nc(C)c(C(=O)NCc2ccccc2CN(C)C)s1. The molecule has 1 heterocycles. The fourth-order valence-electron chi connectivity index (χ4n) is 2.29. The van der Waals surface area contributed by atoms with Gasteiger partial charge in [-0.05, 0) is 38.6 Å². The van der Waals surface area contributed by atoms with Gasteiger partial charge in [0, 0.05) is 13.1 Å². The minimum atomic E-state index is -0.0330. The molecule has 0 fully saturated rings. The summed E-state index contributed by atoms with van der Waals surface area (Å²) < 4.78 is 0. The van der Waals surface area contributed by atoms with E-state index in [-0.39, 0.29) is 5.91 Å². The monoisotopic (exact) mass is 317 g/mol. The lowest BCUT2D eigenvalue weighted by Gasteiger charge is -2.14. The number of rotatable bonds is 6. The molecule has 0 aliphatic heterocycles. The van der Waals surface area contributed by atoms with Crippen LogP contribution in [0, 0.1) is 6.92 Å². The number of hydrogen-bond donors (Lipinski definition) is 1. The van der Waals surface area contributed by atoms with Crippen molar-refractivity contribution in [2.24, 2.45) is 0 Å². The van der Waals surface area contributed by atoms with Crippen LogP contribution in [-0.2, 0) is 19.5 Å². The molecule has 118 valence electrons. The topological polar surface area (TPSA) is 45.2 Å². The summed E-state index contributed by atoms with van der Waals surface area (Å²) in [7, 11) is 4.09. The van der Waals surface area contributed by atoms with E-state index in [0.717, 1.165) is 34.1 Å². The van der Waals surface area contributed by atoms with Gasteiger partial charge >= 0.3 is 0 Å². The van der Waals surface area contributed by atoms with Gasteiger partial charge in [0.1, 0.15) is 4.88 Å². The van der Waals surface area contributed by atoms with E-state index >= 15 is 0 Å². The van der Waals surface area contributed by atoms with Crippen molar-refractivity contribution in [1.29, 1.82) is 0 Å². The van der Waals surface area contributed by atoms with E-state index in [1.165, 1.54) is 16.9 Å². The van der Waals surface area contributed by atoms with Crippen molar-refractivity contribution in [2.45, 2.75) is 33.4 Å². The van der Waals surface area contributed by atoms with Gasteiger partial charge in [-0.3, -0.25) is 4.79 Å². The van der Waals surface area contributed by atoms with Gasteiger partial charge in [0.2, 0.25) is 0 Å². The molecular formula is C17H23N3OS. The van der Waals surface area contributed by atoms with Gasteiger partial charge in [0.15, 0.2) is 0 Å². The lowest BCUT2D eigenvalue weighted by molar-refractivity contribution is 0.0954. The Morgan fingerprint density at radius 1 is 1.27 bits per heavy atom. The summed E-state index contributed by atoms with van der Waals surface area (Å²) in [6.45, 7) is 5.36. The molecule has 0 atom stereocenters. The second kappa shape index (κ2) is 7.51. The number of benzene rings is 1. The van der Waals surface area contributed by atoms with E-state index in [1.807, 2.05) is 33.2 Å². The molecule has 5 heteroatoms. The minimum Gasteiger partial charge on any atom is -0.347 e. The average molecular weight is 317 g/mol. The fourth-order valence-corrected chi connectivity index (χ4v) is 3.22. The standard InChI is InChI=1S/C17H23N3OS/c1-5-15-19-12(2)16(22-15)17(21)18-10-13-8-6-7-9-14(13)11-20(3)4/h6-9H,5,10-11H2,1-4H3,(H,18,21). The van der Waals surface area contributed by atoms with Crippen molar-refractivity contribution < 1.29 is 4.79 Å². The Balaban J connectivity index is 2.06. The molecule has 0 saturated carbocycles. The van der Waals surface area contributed by atoms with Crippen molar-refractivity contribution in [3.05, 3.63) is 51.0 Å². The van der Waals surface area contributed by atoms with Crippen LogP contribution in [0.5, 0.6) is 0 Å². The molecule has 1 aromatic heterocycles. The van der Waals surface area contributed by atoms with Crippen LogP contribution >= 0.6 is 11.3 Å². The van der Waals surface area contributed by atoms with Gasteiger partial charge in [0.25, 0.3) is 5.91 Å². The molecule has 4 nitrogen and oxygen atoms in total. The minimum absolute atomic E-state index is 0.0330. The molecule has 0 radical (unpaired) electrons. The number of carbonyl (C=O) groups is 1. The third-order valence-corrected chi connectivity index (χ3v) is 4.69. The van der Waals surface area contributed by atoms with Crippen LogP contribution in [-0.4, -0.2) is 29.9 Å². The number of amides is 1. The number of nitrogens with one attached hydrogen (secondary N) is 1. The quantitative estimate of drug-likeness (QED) is 0.891. The van der Waals surface area contributed by atoms with Gasteiger partial charge in [-0.25, -0.2) is 4.98 Å². The van der Waals surface area contributed by atoms with E-state index < -0.39 is 0 Å². The summed E-state index contributed by atoms with van der Waals surface area (Å²) in [6.07, 6.45) is 0.866. The summed E-state index contributed by atoms with van der Waals surface area (Å²) >= 11 is 1.49. The zero-order chi connectivity index (χ0) is 16.1. The number of aromatic nitrogens is 1. The molecule has 22 heavy (non-hydrogen) atoms. The van der Waals surface area contributed by atoms with E-state index in [4.69, 9.17) is 0 Å². The Hall–Kier alpha value is -1.72. The highest BCUT2D eigenvalue weighted by atomic mass is 32.1. The largest absolute Gasteiger partial charge is 0.347 e. The number of nitrogens with zero attached hydrogens (tertiary/aromatic N) is 2. The van der Waals surface area contributed by atoms with E-state index in [0.29, 0.717) is 6.54 Å². The van der Waals surface area contributed by atoms with Crippen molar-refractivity contribution in [1.82, 2.24) is 15.2 Å². The molecule has 0 aliphatic carbocycles. The van der Waals surface area contributed by atoms with E-state index in [1.54, 1.807) is 0 Å². The first-order valence-corrected chi connectivity index (χ1v) is 8.29. The Kier molecular flexibility index (Phi) is 5.69. The van der Waals surface area contributed by atoms with Gasteiger partial charge < -0.3 is 10.2 Å². The lowest BCUT2D eigenvalue weighted by atomic mass is 10.1. The molecule has 2 rings (SSSR count). The predicted octanol–water partition coefficient (Wildman–Crippen LogP) is 3.01.